The third-order valence-electron chi connectivity index (χ3n) is 7.62. The van der Waals surface area contributed by atoms with E-state index in [9.17, 15) is 0 Å². The predicted molar refractivity (Wildman–Crippen MR) is 194 cm³/mol. The van der Waals surface area contributed by atoms with Gasteiger partial charge in [0.1, 0.15) is 0 Å². The first-order chi connectivity index (χ1) is 18.0. The molecule has 0 heterocycles. The molecule has 0 saturated heterocycles. The third kappa shape index (κ3) is 7.87. The molecule has 0 spiro atoms. The zero-order valence-corrected chi connectivity index (χ0v) is 32.6. The van der Waals surface area contributed by atoms with Crippen molar-refractivity contribution in [2.45, 2.75) is 48.4 Å². The number of halogens is 4. The number of fused-ring (bicyclic) bond motifs is 2. The molecule has 4 aromatic rings. The van der Waals surface area contributed by atoms with Gasteiger partial charge in [-0.2, -0.15) is 34.7 Å². The number of aryl methyl sites for hydroxylation is 6. The van der Waals surface area contributed by atoms with Crippen LogP contribution in [0.25, 0.3) is 24.3 Å². The van der Waals surface area contributed by atoms with E-state index in [1.807, 2.05) is 0 Å². The number of hydrogen-bond acceptors (Lipinski definition) is 0. The first-order valence-electron chi connectivity index (χ1n) is 13.0. The molecule has 2 atom stereocenters. The van der Waals surface area contributed by atoms with E-state index in [4.69, 9.17) is 0 Å². The van der Waals surface area contributed by atoms with Crippen LogP contribution in [0, 0.1) is 41.5 Å². The van der Waals surface area contributed by atoms with E-state index in [0.717, 1.165) is 0 Å². The average molecular weight is 883 g/mol. The van der Waals surface area contributed by atoms with Crippen molar-refractivity contribution < 1.29 is 26.2 Å². The fourth-order valence-corrected chi connectivity index (χ4v) is 6.90. The summed E-state index contributed by atoms with van der Waals surface area (Å²) in [5.74, 6) is 0. The van der Waals surface area contributed by atoms with Crippen LogP contribution in [-0.2, 0) is 33.0 Å². The van der Waals surface area contributed by atoms with Gasteiger partial charge in [0, 0.05) is 6.84 Å². The number of benzene rings is 4. The Kier molecular flexibility index (Phi) is 12.8. The number of rotatable bonds is 2. The molecule has 5 heteroatoms. The Hall–Kier alpha value is -0.717. The van der Waals surface area contributed by atoms with Crippen molar-refractivity contribution in [2.24, 2.45) is 0 Å². The van der Waals surface area contributed by atoms with Crippen molar-refractivity contribution in [2.75, 3.05) is 0 Å². The minimum absolute atomic E-state index is 0. The molecule has 2 unspecified atom stereocenters. The van der Waals surface area contributed by atoms with Crippen molar-refractivity contribution >= 4 is 94.3 Å². The summed E-state index contributed by atoms with van der Waals surface area (Å²) in [5.41, 5.74) is 10.6. The molecule has 2 aliphatic rings. The first kappa shape index (κ1) is 36.5. The van der Waals surface area contributed by atoms with E-state index in [-0.39, 0.29) is 57.9 Å². The largest absolute Gasteiger partial charge is 2.00 e. The normalized spacial score (nSPS) is 19.1. The van der Waals surface area contributed by atoms with Crippen LogP contribution in [0.3, 0.4) is 0 Å². The van der Waals surface area contributed by atoms with E-state index >= 15 is 0 Å². The summed E-state index contributed by atoms with van der Waals surface area (Å²) in [7, 11) is 0. The second-order valence-corrected chi connectivity index (χ2v) is 14.1. The van der Waals surface area contributed by atoms with Crippen molar-refractivity contribution in [3.05, 3.63) is 138 Å². The summed E-state index contributed by atoms with van der Waals surface area (Å²) in [6, 6.07) is 26.5. The van der Waals surface area contributed by atoms with Gasteiger partial charge in [0.25, 0.3) is 0 Å². The van der Waals surface area contributed by atoms with Crippen molar-refractivity contribution in [3.8, 4) is 0 Å². The maximum atomic E-state index is 3.65. The first-order valence-corrected chi connectivity index (χ1v) is 15.1. The maximum Gasteiger partial charge on any atom is 2.00 e. The molecule has 0 bridgehead atoms. The summed E-state index contributed by atoms with van der Waals surface area (Å²) >= 11 is 4.99. The minimum Gasteiger partial charge on any atom is -0.188 e. The molecule has 6 rings (SSSR count). The smallest absolute Gasteiger partial charge is 0.188 e. The molecule has 0 saturated carbocycles. The van der Waals surface area contributed by atoms with E-state index in [1.54, 1.807) is 0 Å². The van der Waals surface area contributed by atoms with Crippen LogP contribution in [-0.4, -0.2) is 0 Å². The van der Waals surface area contributed by atoms with Crippen LogP contribution in [0.4, 0.5) is 0 Å². The summed E-state index contributed by atoms with van der Waals surface area (Å²) in [6.07, 6.45) is 11.9. The number of hydrogen-bond donors (Lipinski definition) is 0. The zero-order valence-electron chi connectivity index (χ0n) is 24.2. The minimum atomic E-state index is -0.131. The molecule has 0 amide bonds. The van der Waals surface area contributed by atoms with Gasteiger partial charge >= 0.3 is 26.2 Å². The van der Waals surface area contributed by atoms with Crippen LogP contribution in [0.15, 0.2) is 72.8 Å². The Morgan fingerprint density at radius 3 is 1.10 bits per heavy atom. The van der Waals surface area contributed by atoms with Gasteiger partial charge in [-0.05, 0) is 38.8 Å². The molecular formula is C36H34Cl2I2Zr. The predicted octanol–water partition coefficient (Wildman–Crippen LogP) is 7.63. The van der Waals surface area contributed by atoms with Gasteiger partial charge in [-0.25, -0.2) is 0 Å². The van der Waals surface area contributed by atoms with E-state index in [2.05, 4.69) is 184 Å². The van der Waals surface area contributed by atoms with Crippen LogP contribution in [0.5, 0.6) is 0 Å². The Balaban J connectivity index is 0.000000267. The van der Waals surface area contributed by atoms with Crippen LogP contribution < -0.4 is 20.9 Å². The van der Waals surface area contributed by atoms with Gasteiger partial charge in [-0.1, -0.05) is 130 Å². The van der Waals surface area contributed by atoms with Crippen LogP contribution in [0.1, 0.15) is 44.5 Å². The molecule has 0 aromatic heterocycles. The van der Waals surface area contributed by atoms with Crippen molar-refractivity contribution in [1.82, 2.24) is 0 Å². The van der Waals surface area contributed by atoms with Gasteiger partial charge in [0.2, 0.25) is 0 Å². The molecule has 41 heavy (non-hydrogen) atoms. The molecule has 0 radical (unpaired) electrons. The van der Waals surface area contributed by atoms with Crippen LogP contribution >= 0.6 is 70.0 Å². The maximum absolute atomic E-state index is 3.65. The Labute approximate surface area is 303 Å². The fourth-order valence-electron chi connectivity index (χ4n) is 4.93. The molecule has 0 N–H and O–H groups in total. The van der Waals surface area contributed by atoms with E-state index in [0.29, 0.717) is 0 Å². The van der Waals surface area contributed by atoms with Gasteiger partial charge in [0.05, 0.1) is 0 Å². The molecule has 210 valence electrons. The molecule has 0 nitrogen and oxygen atoms in total. The molecular weight excluding hydrogens is 848 g/mol. The molecule has 2 aliphatic carbocycles. The van der Waals surface area contributed by atoms with Crippen LogP contribution in [0.2, 0.25) is 0 Å². The summed E-state index contributed by atoms with van der Waals surface area (Å²) in [6.45, 7) is 12.9. The van der Waals surface area contributed by atoms with E-state index in [1.165, 1.54) is 65.4 Å². The second kappa shape index (κ2) is 14.4. The van der Waals surface area contributed by atoms with Gasteiger partial charge < -0.3 is 0 Å². The van der Waals surface area contributed by atoms with Gasteiger partial charge in [-0.15, -0.1) is 70.7 Å². The second-order valence-electron chi connectivity index (χ2n) is 10.7. The number of alkyl halides is 2. The monoisotopic (exact) mass is 880 g/mol. The van der Waals surface area contributed by atoms with Crippen molar-refractivity contribution in [3.63, 3.8) is 0 Å². The standard InChI is InChI=1S/2C18H16I.2ClH.Zr/c2*1-12-4-6-17(7-5-12)18(19)10-15-8-13(2)14(3)9-16(15)11-18;;;/h2*4-10H,1-3H3;2*1H;/q2*-1;;;+2. The molecule has 0 fully saturated rings. The Morgan fingerprint density at radius 2 is 0.780 bits per heavy atom. The Bertz CT molecular complexity index is 1570. The topological polar surface area (TPSA) is 0 Å². The van der Waals surface area contributed by atoms with Gasteiger partial charge in [-0.3, -0.25) is 0 Å². The molecule has 0 aliphatic heterocycles. The average Bonchev–Trinajstić information content (AvgIpc) is 3.37. The third-order valence-corrected chi connectivity index (χ3v) is 10.0. The van der Waals surface area contributed by atoms with Crippen molar-refractivity contribution in [1.29, 1.82) is 0 Å². The molecule has 4 aromatic carbocycles. The van der Waals surface area contributed by atoms with E-state index < -0.39 is 0 Å². The zero-order chi connectivity index (χ0) is 27.2. The quantitative estimate of drug-likeness (QED) is 0.111. The SMILES string of the molecule is Cc1ccc(C2(I)[C-]=c3cc(C)c(C)cc3=C2)cc1.Cc1ccc(C2(I)[C-]=c3cc(C)c(C)cc3=C2)cc1.Cl.Cl.[Zr+2]. The summed E-state index contributed by atoms with van der Waals surface area (Å²) in [5, 5.41) is 5.08. The van der Waals surface area contributed by atoms with Gasteiger partial charge in [0.15, 0.2) is 0 Å². The Morgan fingerprint density at radius 1 is 0.488 bits per heavy atom. The fraction of sp³-hybridized carbons (Fsp3) is 0.222. The summed E-state index contributed by atoms with van der Waals surface area (Å²) in [4.78, 5) is 0. The summed E-state index contributed by atoms with van der Waals surface area (Å²) < 4.78 is -0.262.